The first-order valence-electron chi connectivity index (χ1n) is 9.77. The van der Waals surface area contributed by atoms with Crippen molar-refractivity contribution in [1.29, 1.82) is 0 Å². The number of likely N-dealkylation sites (N-methyl/N-ethyl adjacent to an activating group) is 1. The number of hydrogen-bond donors (Lipinski definition) is 1. The molecule has 2 aromatic heterocycles. The van der Waals surface area contributed by atoms with Crippen LogP contribution >= 0.6 is 11.3 Å². The van der Waals surface area contributed by atoms with E-state index in [2.05, 4.69) is 73.9 Å². The van der Waals surface area contributed by atoms with Gasteiger partial charge in [0.25, 0.3) is 0 Å². The molecule has 0 spiro atoms. The molecule has 0 saturated carbocycles. The number of aromatic amines is 1. The summed E-state index contributed by atoms with van der Waals surface area (Å²) in [5.74, 6) is 0. The smallest absolute Gasteiger partial charge is 0.117 e. The minimum Gasteiger partial charge on any atom is -0.299 e. The Labute approximate surface area is 165 Å². The molecule has 1 aliphatic heterocycles. The molecule has 0 amide bonds. The van der Waals surface area contributed by atoms with E-state index in [0.29, 0.717) is 6.04 Å². The van der Waals surface area contributed by atoms with Crippen LogP contribution in [0.3, 0.4) is 0 Å². The second-order valence-corrected chi connectivity index (χ2v) is 8.19. The molecule has 3 heterocycles. The summed E-state index contributed by atoms with van der Waals surface area (Å²) in [6, 6.07) is 15.3. The molecule has 1 N–H and O–H groups in total. The summed E-state index contributed by atoms with van der Waals surface area (Å²) in [6.45, 7) is 7.49. The van der Waals surface area contributed by atoms with Gasteiger partial charge in [0.1, 0.15) is 11.4 Å². The monoisotopic (exact) mass is 381 g/mol. The molecule has 1 fully saturated rings. The van der Waals surface area contributed by atoms with Crippen molar-refractivity contribution in [3.63, 3.8) is 0 Å². The van der Waals surface area contributed by atoms with Crippen molar-refractivity contribution in [3.05, 3.63) is 58.4 Å². The van der Waals surface area contributed by atoms with Gasteiger partial charge in [-0.3, -0.25) is 9.80 Å². The van der Waals surface area contributed by atoms with E-state index in [1.165, 1.54) is 24.3 Å². The lowest BCUT2D eigenvalue weighted by molar-refractivity contribution is 0.166. The van der Waals surface area contributed by atoms with E-state index in [0.717, 1.165) is 43.1 Å². The zero-order valence-corrected chi connectivity index (χ0v) is 16.7. The van der Waals surface area contributed by atoms with Crippen LogP contribution in [0.5, 0.6) is 0 Å². The molecular weight excluding hydrogens is 354 g/mol. The highest BCUT2D eigenvalue weighted by atomic mass is 32.1. The fraction of sp³-hybridized carbons (Fsp3) is 0.429. The molecule has 1 atom stereocenters. The normalized spacial score (nSPS) is 17.8. The lowest BCUT2D eigenvalue weighted by Crippen LogP contribution is -2.39. The topological polar surface area (TPSA) is 48.0 Å². The minimum atomic E-state index is 0.641. The number of rotatable bonds is 8. The zero-order valence-electron chi connectivity index (χ0n) is 15.8. The van der Waals surface area contributed by atoms with E-state index in [-0.39, 0.29) is 0 Å². The fourth-order valence-corrected chi connectivity index (χ4v) is 4.77. The summed E-state index contributed by atoms with van der Waals surface area (Å²) in [5.41, 5.74) is 3.11. The largest absolute Gasteiger partial charge is 0.299 e. The zero-order chi connectivity index (χ0) is 18.5. The maximum Gasteiger partial charge on any atom is 0.117 e. The molecular formula is C21H27N5S. The van der Waals surface area contributed by atoms with E-state index >= 15 is 0 Å². The number of nitrogens with one attached hydrogen (secondary N) is 1. The van der Waals surface area contributed by atoms with E-state index in [1.807, 2.05) is 17.4 Å². The Kier molecular flexibility index (Phi) is 5.97. The van der Waals surface area contributed by atoms with Gasteiger partial charge in [-0.1, -0.05) is 43.3 Å². The number of aromatic nitrogens is 3. The second kappa shape index (κ2) is 8.78. The molecule has 0 aliphatic carbocycles. The Morgan fingerprint density at radius 1 is 1.15 bits per heavy atom. The molecule has 5 nitrogen and oxygen atoms in total. The molecule has 1 aliphatic rings. The number of thiophene rings is 1. The Balaban J connectivity index is 1.53. The lowest BCUT2D eigenvalue weighted by Gasteiger charge is -2.29. The van der Waals surface area contributed by atoms with Gasteiger partial charge < -0.3 is 0 Å². The average molecular weight is 382 g/mol. The maximum atomic E-state index is 4.49. The van der Waals surface area contributed by atoms with Crippen molar-refractivity contribution in [3.8, 4) is 11.3 Å². The molecule has 0 unspecified atom stereocenters. The Morgan fingerprint density at radius 3 is 2.81 bits per heavy atom. The van der Waals surface area contributed by atoms with Gasteiger partial charge in [-0.05, 0) is 37.4 Å². The lowest BCUT2D eigenvalue weighted by atomic mass is 10.1. The third-order valence-electron chi connectivity index (χ3n) is 5.37. The van der Waals surface area contributed by atoms with Gasteiger partial charge in [-0.2, -0.15) is 15.4 Å². The van der Waals surface area contributed by atoms with Crippen molar-refractivity contribution in [2.75, 3.05) is 19.6 Å². The Bertz CT molecular complexity index is 814. The van der Waals surface area contributed by atoms with Gasteiger partial charge in [0.15, 0.2) is 0 Å². The number of hydrogen-bond acceptors (Lipinski definition) is 5. The molecule has 6 heteroatoms. The molecule has 4 rings (SSSR count). The van der Waals surface area contributed by atoms with Crippen molar-refractivity contribution in [2.24, 2.45) is 0 Å². The summed E-state index contributed by atoms with van der Waals surface area (Å²) in [4.78, 5) is 6.55. The van der Waals surface area contributed by atoms with Crippen LogP contribution in [-0.2, 0) is 13.1 Å². The van der Waals surface area contributed by atoms with Gasteiger partial charge in [0.05, 0.1) is 0 Å². The summed E-state index contributed by atoms with van der Waals surface area (Å²) >= 11 is 1.83. The number of likely N-dealkylation sites (tertiary alicyclic amines) is 1. The van der Waals surface area contributed by atoms with Crippen LogP contribution in [0.4, 0.5) is 0 Å². The van der Waals surface area contributed by atoms with Gasteiger partial charge in [-0.15, -0.1) is 11.3 Å². The average Bonchev–Trinajstić information content (AvgIpc) is 3.44. The molecule has 27 heavy (non-hydrogen) atoms. The van der Waals surface area contributed by atoms with E-state index < -0.39 is 0 Å². The van der Waals surface area contributed by atoms with Crippen LogP contribution in [0.2, 0.25) is 0 Å². The van der Waals surface area contributed by atoms with Crippen molar-refractivity contribution < 1.29 is 0 Å². The molecule has 0 radical (unpaired) electrons. The second-order valence-electron chi connectivity index (χ2n) is 7.16. The highest BCUT2D eigenvalue weighted by Crippen LogP contribution is 2.24. The van der Waals surface area contributed by atoms with Crippen molar-refractivity contribution >= 4 is 11.3 Å². The van der Waals surface area contributed by atoms with Crippen LogP contribution in [0.25, 0.3) is 11.3 Å². The SMILES string of the molecule is CCN1CCC[C@@H]1CN(Cc1cccs1)Cc1n[nH]nc1-c1ccccc1. The van der Waals surface area contributed by atoms with Gasteiger partial charge in [-0.25, -0.2) is 0 Å². The van der Waals surface area contributed by atoms with E-state index in [9.17, 15) is 0 Å². The Morgan fingerprint density at radius 2 is 2.04 bits per heavy atom. The number of benzene rings is 1. The quantitative estimate of drug-likeness (QED) is 0.640. The van der Waals surface area contributed by atoms with E-state index in [1.54, 1.807) is 0 Å². The number of nitrogens with zero attached hydrogens (tertiary/aromatic N) is 4. The third kappa shape index (κ3) is 4.46. The molecule has 1 aromatic carbocycles. The standard InChI is InChI=1S/C21H27N5S/c1-2-26-12-6-10-18(26)14-25(15-19-11-7-13-27-19)16-20-21(23-24-22-20)17-8-4-3-5-9-17/h3-5,7-9,11,13,18H,2,6,10,12,14-16H2,1H3,(H,22,23,24)/t18-/m1/s1. The minimum absolute atomic E-state index is 0.641. The van der Waals surface area contributed by atoms with Gasteiger partial charge in [0, 0.05) is 36.1 Å². The predicted octanol–water partition coefficient (Wildman–Crippen LogP) is 4.02. The van der Waals surface area contributed by atoms with E-state index in [4.69, 9.17) is 0 Å². The molecule has 142 valence electrons. The van der Waals surface area contributed by atoms with Gasteiger partial charge >= 0.3 is 0 Å². The number of H-pyrrole nitrogens is 1. The molecule has 1 saturated heterocycles. The van der Waals surface area contributed by atoms with Crippen LogP contribution in [0.15, 0.2) is 47.8 Å². The van der Waals surface area contributed by atoms with Gasteiger partial charge in [0.2, 0.25) is 0 Å². The van der Waals surface area contributed by atoms with Crippen LogP contribution < -0.4 is 0 Å². The predicted molar refractivity (Wildman–Crippen MR) is 111 cm³/mol. The maximum absolute atomic E-state index is 4.49. The first-order chi connectivity index (χ1) is 13.3. The summed E-state index contributed by atoms with van der Waals surface area (Å²) in [6.07, 6.45) is 2.60. The molecule has 3 aromatic rings. The highest BCUT2D eigenvalue weighted by molar-refractivity contribution is 7.09. The highest BCUT2D eigenvalue weighted by Gasteiger charge is 2.26. The summed E-state index contributed by atoms with van der Waals surface area (Å²) < 4.78 is 0. The van der Waals surface area contributed by atoms with Crippen LogP contribution in [0, 0.1) is 0 Å². The van der Waals surface area contributed by atoms with Crippen molar-refractivity contribution in [1.82, 2.24) is 25.2 Å². The fourth-order valence-electron chi connectivity index (χ4n) is 4.03. The van der Waals surface area contributed by atoms with Crippen LogP contribution in [-0.4, -0.2) is 50.9 Å². The van der Waals surface area contributed by atoms with Crippen molar-refractivity contribution in [2.45, 2.75) is 38.9 Å². The van der Waals surface area contributed by atoms with Crippen LogP contribution in [0.1, 0.15) is 30.3 Å². The first-order valence-corrected chi connectivity index (χ1v) is 10.6. The molecule has 0 bridgehead atoms. The Hall–Kier alpha value is -2.02. The summed E-state index contributed by atoms with van der Waals surface area (Å²) in [7, 11) is 0. The summed E-state index contributed by atoms with van der Waals surface area (Å²) in [5, 5.41) is 13.9. The third-order valence-corrected chi connectivity index (χ3v) is 6.24. The first kappa shape index (κ1) is 18.3.